The number of carbonyl (C=O) groups excluding carboxylic acids is 1. The first-order chi connectivity index (χ1) is 10.6. The normalized spacial score (nSPS) is 17.5. The molecule has 1 saturated heterocycles. The zero-order valence-electron chi connectivity index (χ0n) is 13.2. The predicted octanol–water partition coefficient (Wildman–Crippen LogP) is -0.0598. The van der Waals surface area contributed by atoms with Crippen LogP contribution in [0, 0.1) is 6.92 Å². The van der Waals surface area contributed by atoms with Crippen molar-refractivity contribution in [2.75, 3.05) is 45.9 Å². The zero-order chi connectivity index (χ0) is 15.9. The standard InChI is InChI=1S/C15H24N4O3/c1-3-22-11-13(20)10-18-6-8-19(9-7-18)15(21)14-4-5-16-12(2)17-14/h4-5,13,20H,3,6-11H2,1-2H3. The summed E-state index contributed by atoms with van der Waals surface area (Å²) in [6, 6.07) is 1.65. The van der Waals surface area contributed by atoms with Crippen molar-refractivity contribution >= 4 is 5.91 Å². The van der Waals surface area contributed by atoms with E-state index >= 15 is 0 Å². The third kappa shape index (κ3) is 4.72. The van der Waals surface area contributed by atoms with Gasteiger partial charge in [0.2, 0.25) is 0 Å². The summed E-state index contributed by atoms with van der Waals surface area (Å²) < 4.78 is 5.21. The Labute approximate surface area is 130 Å². The highest BCUT2D eigenvalue weighted by Gasteiger charge is 2.24. The fourth-order valence-corrected chi connectivity index (χ4v) is 2.48. The van der Waals surface area contributed by atoms with E-state index in [1.807, 2.05) is 6.92 Å². The lowest BCUT2D eigenvalue weighted by Gasteiger charge is -2.35. The molecule has 1 atom stereocenters. The van der Waals surface area contributed by atoms with Crippen molar-refractivity contribution in [3.63, 3.8) is 0 Å². The van der Waals surface area contributed by atoms with Gasteiger partial charge in [0.05, 0.1) is 12.7 Å². The van der Waals surface area contributed by atoms with E-state index in [1.165, 1.54) is 0 Å². The highest BCUT2D eigenvalue weighted by atomic mass is 16.5. The van der Waals surface area contributed by atoms with Gasteiger partial charge in [0.15, 0.2) is 0 Å². The summed E-state index contributed by atoms with van der Waals surface area (Å²) in [4.78, 5) is 24.5. The molecule has 1 aromatic rings. The molecule has 0 radical (unpaired) electrons. The maximum Gasteiger partial charge on any atom is 0.272 e. The fourth-order valence-electron chi connectivity index (χ4n) is 2.48. The zero-order valence-corrected chi connectivity index (χ0v) is 13.2. The van der Waals surface area contributed by atoms with E-state index < -0.39 is 6.10 Å². The van der Waals surface area contributed by atoms with E-state index in [2.05, 4.69) is 14.9 Å². The molecular weight excluding hydrogens is 284 g/mol. The second kappa shape index (κ2) is 8.17. The molecule has 1 aliphatic heterocycles. The number of hydrogen-bond donors (Lipinski definition) is 1. The van der Waals surface area contributed by atoms with Gasteiger partial charge in [0.25, 0.3) is 5.91 Å². The summed E-state index contributed by atoms with van der Waals surface area (Å²) in [6.07, 6.45) is 1.13. The molecule has 0 aromatic carbocycles. The van der Waals surface area contributed by atoms with E-state index in [9.17, 15) is 9.90 Å². The van der Waals surface area contributed by atoms with Crippen LogP contribution in [0.5, 0.6) is 0 Å². The molecule has 1 amide bonds. The van der Waals surface area contributed by atoms with Crippen LogP contribution < -0.4 is 0 Å². The lowest BCUT2D eigenvalue weighted by Crippen LogP contribution is -2.51. The Hall–Kier alpha value is -1.57. The van der Waals surface area contributed by atoms with Gasteiger partial charge in [-0.3, -0.25) is 9.69 Å². The largest absolute Gasteiger partial charge is 0.389 e. The van der Waals surface area contributed by atoms with Gasteiger partial charge in [-0.15, -0.1) is 0 Å². The monoisotopic (exact) mass is 308 g/mol. The highest BCUT2D eigenvalue weighted by Crippen LogP contribution is 2.08. The van der Waals surface area contributed by atoms with Gasteiger partial charge in [0, 0.05) is 45.5 Å². The molecule has 1 fully saturated rings. The van der Waals surface area contributed by atoms with Crippen molar-refractivity contribution in [3.8, 4) is 0 Å². The maximum absolute atomic E-state index is 12.4. The van der Waals surface area contributed by atoms with Gasteiger partial charge in [-0.2, -0.15) is 0 Å². The molecule has 0 aliphatic carbocycles. The molecule has 7 nitrogen and oxygen atoms in total. The van der Waals surface area contributed by atoms with Gasteiger partial charge in [0.1, 0.15) is 11.5 Å². The second-order valence-electron chi connectivity index (χ2n) is 5.40. The Morgan fingerprint density at radius 3 is 2.77 bits per heavy atom. The van der Waals surface area contributed by atoms with Crippen LogP contribution in [-0.2, 0) is 4.74 Å². The van der Waals surface area contributed by atoms with E-state index in [0.29, 0.717) is 44.4 Å². The summed E-state index contributed by atoms with van der Waals surface area (Å²) in [5.74, 6) is 0.545. The average molecular weight is 308 g/mol. The minimum atomic E-state index is -0.480. The number of carbonyl (C=O) groups is 1. The van der Waals surface area contributed by atoms with Crippen molar-refractivity contribution in [2.45, 2.75) is 20.0 Å². The van der Waals surface area contributed by atoms with Crippen molar-refractivity contribution in [1.29, 1.82) is 0 Å². The van der Waals surface area contributed by atoms with Gasteiger partial charge < -0.3 is 14.7 Å². The number of aliphatic hydroxyl groups excluding tert-OH is 1. The Bertz CT molecular complexity index is 489. The fraction of sp³-hybridized carbons (Fsp3) is 0.667. The summed E-state index contributed by atoms with van der Waals surface area (Å²) in [5, 5.41) is 9.85. The Balaban J connectivity index is 1.80. The summed E-state index contributed by atoms with van der Waals surface area (Å²) in [6.45, 7) is 8.01. The molecule has 122 valence electrons. The molecule has 1 N–H and O–H groups in total. The van der Waals surface area contributed by atoms with Crippen LogP contribution in [-0.4, -0.2) is 82.8 Å². The van der Waals surface area contributed by atoms with Crippen LogP contribution in [0.1, 0.15) is 23.2 Å². The molecule has 2 heterocycles. The van der Waals surface area contributed by atoms with Gasteiger partial charge >= 0.3 is 0 Å². The van der Waals surface area contributed by atoms with E-state index in [4.69, 9.17) is 4.74 Å². The van der Waals surface area contributed by atoms with E-state index in [0.717, 1.165) is 13.1 Å². The predicted molar refractivity (Wildman–Crippen MR) is 81.6 cm³/mol. The van der Waals surface area contributed by atoms with Crippen LogP contribution in [0.15, 0.2) is 12.3 Å². The first-order valence-electron chi connectivity index (χ1n) is 7.67. The van der Waals surface area contributed by atoms with Gasteiger partial charge in [-0.1, -0.05) is 0 Å². The van der Waals surface area contributed by atoms with Gasteiger partial charge in [-0.05, 0) is 19.9 Å². The first kappa shape index (κ1) is 16.8. The molecule has 1 aromatic heterocycles. The number of aromatic nitrogens is 2. The number of ether oxygens (including phenoxy) is 1. The molecule has 1 aliphatic rings. The Morgan fingerprint density at radius 2 is 2.14 bits per heavy atom. The van der Waals surface area contributed by atoms with E-state index in [1.54, 1.807) is 24.1 Å². The number of amides is 1. The van der Waals surface area contributed by atoms with Gasteiger partial charge in [-0.25, -0.2) is 9.97 Å². The van der Waals surface area contributed by atoms with Crippen LogP contribution in [0.2, 0.25) is 0 Å². The molecule has 0 spiro atoms. The minimum absolute atomic E-state index is 0.0555. The third-order valence-electron chi connectivity index (χ3n) is 3.64. The number of rotatable bonds is 6. The molecule has 2 rings (SSSR count). The number of aryl methyl sites for hydroxylation is 1. The molecule has 22 heavy (non-hydrogen) atoms. The number of β-amino-alcohol motifs (C(OH)–C–C–N with tert-alkyl or cyclic N) is 1. The van der Waals surface area contributed by atoms with Crippen LogP contribution in [0.25, 0.3) is 0 Å². The molecular formula is C15H24N4O3. The topological polar surface area (TPSA) is 78.8 Å². The van der Waals surface area contributed by atoms with Crippen molar-refractivity contribution in [3.05, 3.63) is 23.8 Å². The summed E-state index contributed by atoms with van der Waals surface area (Å²) in [7, 11) is 0. The Morgan fingerprint density at radius 1 is 1.41 bits per heavy atom. The Kier molecular flexibility index (Phi) is 6.23. The highest BCUT2D eigenvalue weighted by molar-refractivity contribution is 5.92. The van der Waals surface area contributed by atoms with E-state index in [-0.39, 0.29) is 5.91 Å². The molecule has 1 unspecified atom stereocenters. The van der Waals surface area contributed by atoms with Crippen LogP contribution >= 0.6 is 0 Å². The number of piperazine rings is 1. The maximum atomic E-state index is 12.4. The third-order valence-corrected chi connectivity index (χ3v) is 3.64. The van der Waals surface area contributed by atoms with Crippen LogP contribution in [0.3, 0.4) is 0 Å². The van der Waals surface area contributed by atoms with Crippen LogP contribution in [0.4, 0.5) is 0 Å². The molecule has 7 heteroatoms. The van der Waals surface area contributed by atoms with Crippen molar-refractivity contribution in [1.82, 2.24) is 19.8 Å². The van der Waals surface area contributed by atoms with Crippen molar-refractivity contribution in [2.24, 2.45) is 0 Å². The minimum Gasteiger partial charge on any atom is -0.389 e. The molecule has 0 saturated carbocycles. The lowest BCUT2D eigenvalue weighted by molar-refractivity contribution is 0.0110. The number of nitrogens with zero attached hydrogens (tertiary/aromatic N) is 4. The quantitative estimate of drug-likeness (QED) is 0.793. The lowest BCUT2D eigenvalue weighted by atomic mass is 10.2. The number of aliphatic hydroxyl groups is 1. The smallest absolute Gasteiger partial charge is 0.272 e. The second-order valence-corrected chi connectivity index (χ2v) is 5.40. The first-order valence-corrected chi connectivity index (χ1v) is 7.67. The summed E-state index contributed by atoms with van der Waals surface area (Å²) >= 11 is 0. The average Bonchev–Trinajstić information content (AvgIpc) is 2.53. The van der Waals surface area contributed by atoms with Crippen molar-refractivity contribution < 1.29 is 14.6 Å². The SMILES string of the molecule is CCOCC(O)CN1CCN(C(=O)c2ccnc(C)n2)CC1. The summed E-state index contributed by atoms with van der Waals surface area (Å²) in [5.41, 5.74) is 0.442. The number of hydrogen-bond acceptors (Lipinski definition) is 6. The molecule has 0 bridgehead atoms.